The molecule has 0 fully saturated rings. The van der Waals surface area contributed by atoms with E-state index in [1.54, 1.807) is 11.3 Å². The number of nitrogens with two attached hydrogens (primary N) is 1. The van der Waals surface area contributed by atoms with Crippen LogP contribution in [0.25, 0.3) is 0 Å². The second-order valence-corrected chi connectivity index (χ2v) is 4.29. The maximum absolute atomic E-state index is 10.2. The van der Waals surface area contributed by atoms with Crippen LogP contribution in [0.4, 0.5) is 0 Å². The van der Waals surface area contributed by atoms with Gasteiger partial charge in [-0.15, -0.1) is 0 Å². The lowest BCUT2D eigenvalue weighted by molar-refractivity contribution is 0.00518. The van der Waals surface area contributed by atoms with Gasteiger partial charge in [0.25, 0.3) is 0 Å². The fourth-order valence-electron chi connectivity index (χ4n) is 1.94. The van der Waals surface area contributed by atoms with Crippen molar-refractivity contribution in [2.75, 3.05) is 6.54 Å². The molecule has 0 bridgehead atoms. The normalized spacial score (nSPS) is 33.8. The molecule has 1 aromatic heterocycles. The summed E-state index contributed by atoms with van der Waals surface area (Å²) in [5, 5.41) is 14.3. The minimum atomic E-state index is -0.755. The first kappa shape index (κ1) is 8.23. The standard InChI is InChI=1S/C9H13NOS/c1-6-2-7-3-12-4-8(7)9(6,11)5-10/h3-4,6,11H,2,5,10H2,1H3. The summed E-state index contributed by atoms with van der Waals surface area (Å²) in [5.74, 6) is 0.265. The smallest absolute Gasteiger partial charge is 0.106 e. The van der Waals surface area contributed by atoms with Crippen LogP contribution in [0.5, 0.6) is 0 Å². The van der Waals surface area contributed by atoms with E-state index in [9.17, 15) is 5.11 Å². The van der Waals surface area contributed by atoms with Crippen molar-refractivity contribution in [2.24, 2.45) is 11.7 Å². The summed E-state index contributed by atoms with van der Waals surface area (Å²) in [7, 11) is 0. The third kappa shape index (κ3) is 0.873. The minimum Gasteiger partial charge on any atom is -0.384 e. The van der Waals surface area contributed by atoms with E-state index in [1.165, 1.54) is 5.56 Å². The number of rotatable bonds is 1. The van der Waals surface area contributed by atoms with Gasteiger partial charge in [0, 0.05) is 6.54 Å². The molecule has 2 unspecified atom stereocenters. The highest BCUT2D eigenvalue weighted by atomic mass is 32.1. The topological polar surface area (TPSA) is 46.2 Å². The highest BCUT2D eigenvalue weighted by Gasteiger charge is 2.42. The summed E-state index contributed by atoms with van der Waals surface area (Å²) in [6, 6.07) is 0. The molecular formula is C9H13NOS. The molecule has 0 aliphatic heterocycles. The van der Waals surface area contributed by atoms with Crippen LogP contribution < -0.4 is 5.73 Å². The van der Waals surface area contributed by atoms with E-state index in [2.05, 4.69) is 12.3 Å². The molecule has 0 radical (unpaired) electrons. The van der Waals surface area contributed by atoms with Gasteiger partial charge in [-0.25, -0.2) is 0 Å². The Balaban J connectivity index is 2.48. The summed E-state index contributed by atoms with van der Waals surface area (Å²) in [5.41, 5.74) is 7.17. The van der Waals surface area contributed by atoms with Crippen molar-refractivity contribution in [1.29, 1.82) is 0 Å². The van der Waals surface area contributed by atoms with Crippen LogP contribution in [-0.2, 0) is 12.0 Å². The fraction of sp³-hybridized carbons (Fsp3) is 0.556. The summed E-state index contributed by atoms with van der Waals surface area (Å²) in [6.45, 7) is 2.38. The molecule has 1 aliphatic carbocycles. The van der Waals surface area contributed by atoms with Gasteiger partial charge in [-0.1, -0.05) is 6.92 Å². The molecule has 2 atom stereocenters. The van der Waals surface area contributed by atoms with Gasteiger partial charge in [0.2, 0.25) is 0 Å². The van der Waals surface area contributed by atoms with Crippen molar-refractivity contribution in [3.63, 3.8) is 0 Å². The third-order valence-electron chi connectivity index (χ3n) is 2.86. The Bertz CT molecular complexity index is 296. The van der Waals surface area contributed by atoms with E-state index in [0.717, 1.165) is 12.0 Å². The van der Waals surface area contributed by atoms with Crippen LogP contribution in [0.15, 0.2) is 10.8 Å². The lowest BCUT2D eigenvalue weighted by Gasteiger charge is -2.26. The van der Waals surface area contributed by atoms with Gasteiger partial charge >= 0.3 is 0 Å². The van der Waals surface area contributed by atoms with Crippen LogP contribution >= 0.6 is 11.3 Å². The number of hydrogen-bond donors (Lipinski definition) is 2. The monoisotopic (exact) mass is 183 g/mol. The van der Waals surface area contributed by atoms with Gasteiger partial charge in [0.1, 0.15) is 5.60 Å². The van der Waals surface area contributed by atoms with Crippen LogP contribution in [0.2, 0.25) is 0 Å². The second kappa shape index (κ2) is 2.55. The maximum atomic E-state index is 10.2. The summed E-state index contributed by atoms with van der Waals surface area (Å²) >= 11 is 1.65. The molecule has 0 spiro atoms. The zero-order valence-corrected chi connectivity index (χ0v) is 7.90. The number of thiophene rings is 1. The highest BCUT2D eigenvalue weighted by molar-refractivity contribution is 7.08. The van der Waals surface area contributed by atoms with Gasteiger partial charge in [-0.3, -0.25) is 0 Å². The molecule has 0 aromatic carbocycles. The molecule has 0 amide bonds. The van der Waals surface area contributed by atoms with Gasteiger partial charge in [0.05, 0.1) is 0 Å². The Morgan fingerprint density at radius 3 is 3.17 bits per heavy atom. The number of fused-ring (bicyclic) bond motifs is 1. The first-order valence-electron chi connectivity index (χ1n) is 4.16. The molecule has 3 N–H and O–H groups in total. The molecule has 1 aromatic rings. The van der Waals surface area contributed by atoms with Crippen LogP contribution in [-0.4, -0.2) is 11.7 Å². The van der Waals surface area contributed by atoms with E-state index in [0.29, 0.717) is 6.54 Å². The Morgan fingerprint density at radius 1 is 1.75 bits per heavy atom. The second-order valence-electron chi connectivity index (χ2n) is 3.54. The minimum absolute atomic E-state index is 0.265. The zero-order valence-electron chi connectivity index (χ0n) is 7.08. The van der Waals surface area contributed by atoms with Gasteiger partial charge in [-0.2, -0.15) is 11.3 Å². The van der Waals surface area contributed by atoms with Crippen molar-refractivity contribution in [1.82, 2.24) is 0 Å². The third-order valence-corrected chi connectivity index (χ3v) is 3.65. The van der Waals surface area contributed by atoms with Crippen molar-refractivity contribution in [2.45, 2.75) is 18.9 Å². The van der Waals surface area contributed by atoms with E-state index in [-0.39, 0.29) is 5.92 Å². The van der Waals surface area contributed by atoms with Crippen molar-refractivity contribution in [3.05, 3.63) is 21.9 Å². The molecule has 1 aliphatic rings. The van der Waals surface area contributed by atoms with Crippen LogP contribution in [0, 0.1) is 5.92 Å². The molecule has 2 rings (SSSR count). The van der Waals surface area contributed by atoms with Crippen molar-refractivity contribution < 1.29 is 5.11 Å². The Labute approximate surface area is 76.0 Å². The average Bonchev–Trinajstić information content (AvgIpc) is 2.57. The predicted molar refractivity (Wildman–Crippen MR) is 50.1 cm³/mol. The van der Waals surface area contributed by atoms with E-state index in [1.807, 2.05) is 5.38 Å². The van der Waals surface area contributed by atoms with Gasteiger partial charge < -0.3 is 10.8 Å². The summed E-state index contributed by atoms with van der Waals surface area (Å²) < 4.78 is 0. The van der Waals surface area contributed by atoms with Crippen LogP contribution in [0.3, 0.4) is 0 Å². The molecule has 0 saturated carbocycles. The maximum Gasteiger partial charge on any atom is 0.106 e. The quantitative estimate of drug-likeness (QED) is 0.684. The van der Waals surface area contributed by atoms with Gasteiger partial charge in [0.15, 0.2) is 0 Å². The molecule has 66 valence electrons. The number of hydrogen-bond acceptors (Lipinski definition) is 3. The fourth-order valence-corrected chi connectivity index (χ4v) is 2.88. The first-order valence-corrected chi connectivity index (χ1v) is 5.10. The average molecular weight is 183 g/mol. The van der Waals surface area contributed by atoms with E-state index < -0.39 is 5.60 Å². The van der Waals surface area contributed by atoms with E-state index in [4.69, 9.17) is 5.73 Å². The van der Waals surface area contributed by atoms with Gasteiger partial charge in [-0.05, 0) is 34.2 Å². The molecular weight excluding hydrogens is 170 g/mol. The lowest BCUT2D eigenvalue weighted by Crippen LogP contribution is -2.37. The van der Waals surface area contributed by atoms with E-state index >= 15 is 0 Å². The molecule has 12 heavy (non-hydrogen) atoms. The predicted octanol–water partition coefficient (Wildman–Crippen LogP) is 1.09. The highest BCUT2D eigenvalue weighted by Crippen LogP contribution is 2.42. The largest absolute Gasteiger partial charge is 0.384 e. The molecule has 0 saturated heterocycles. The summed E-state index contributed by atoms with van der Waals surface area (Å²) in [6.07, 6.45) is 0.965. The van der Waals surface area contributed by atoms with Crippen molar-refractivity contribution in [3.8, 4) is 0 Å². The Kier molecular flexibility index (Phi) is 1.75. The molecule has 3 heteroatoms. The Morgan fingerprint density at radius 2 is 2.50 bits per heavy atom. The lowest BCUT2D eigenvalue weighted by atomic mass is 9.90. The van der Waals surface area contributed by atoms with Crippen LogP contribution in [0.1, 0.15) is 18.1 Å². The first-order chi connectivity index (χ1) is 5.68. The number of aliphatic hydroxyl groups is 1. The SMILES string of the molecule is CC1Cc2cscc2C1(O)CN. The zero-order chi connectivity index (χ0) is 8.77. The molecule has 2 nitrogen and oxygen atoms in total. The molecule has 1 heterocycles. The van der Waals surface area contributed by atoms with Crippen molar-refractivity contribution >= 4 is 11.3 Å². The summed E-state index contributed by atoms with van der Waals surface area (Å²) in [4.78, 5) is 0. The Hall–Kier alpha value is -0.380.